The Balaban J connectivity index is 1.90. The molecule has 1 aromatic rings. The topological polar surface area (TPSA) is 29.1 Å². The summed E-state index contributed by atoms with van der Waals surface area (Å²) in [5.41, 5.74) is 1.09. The number of carbonyl (C=O) groups excluding carboxylic acids is 1. The molecule has 0 saturated heterocycles. The van der Waals surface area contributed by atoms with Crippen molar-refractivity contribution in [1.29, 1.82) is 0 Å². The lowest BCUT2D eigenvalue weighted by Crippen LogP contribution is -2.33. The van der Waals surface area contributed by atoms with E-state index in [-0.39, 0.29) is 5.92 Å². The van der Waals surface area contributed by atoms with E-state index in [0.29, 0.717) is 18.2 Å². The van der Waals surface area contributed by atoms with Crippen molar-refractivity contribution in [2.75, 3.05) is 6.54 Å². The number of hydrogen-bond donors (Lipinski definition) is 1. The van der Waals surface area contributed by atoms with Crippen LogP contribution in [0.3, 0.4) is 0 Å². The number of nitrogens with one attached hydrogen (secondary N) is 1. The van der Waals surface area contributed by atoms with E-state index in [9.17, 15) is 4.79 Å². The van der Waals surface area contributed by atoms with Crippen LogP contribution in [0.25, 0.3) is 0 Å². The molecular weight excluding hydrogens is 282 g/mol. The Kier molecular flexibility index (Phi) is 6.72. The first-order valence-corrected chi connectivity index (χ1v) is 8.60. The summed E-state index contributed by atoms with van der Waals surface area (Å²) in [5, 5.41) is 4.36. The van der Waals surface area contributed by atoms with Gasteiger partial charge in [-0.1, -0.05) is 49.9 Å². The minimum absolute atomic E-state index is 0.00311. The molecule has 1 aromatic carbocycles. The maximum atomic E-state index is 12.2. The molecule has 1 atom stereocenters. The van der Waals surface area contributed by atoms with E-state index < -0.39 is 0 Å². The van der Waals surface area contributed by atoms with Gasteiger partial charge in [-0.3, -0.25) is 4.79 Å². The largest absolute Gasteiger partial charge is 0.314 e. The minimum Gasteiger partial charge on any atom is -0.314 e. The molecule has 2 nitrogen and oxygen atoms in total. The number of carbonyl (C=O) groups is 1. The van der Waals surface area contributed by atoms with Crippen LogP contribution < -0.4 is 5.32 Å². The zero-order valence-electron chi connectivity index (χ0n) is 12.9. The van der Waals surface area contributed by atoms with Crippen LogP contribution in [0.5, 0.6) is 0 Å². The van der Waals surface area contributed by atoms with Crippen LogP contribution in [0, 0.1) is 0 Å². The molecule has 1 saturated carbocycles. The van der Waals surface area contributed by atoms with E-state index in [1.165, 1.54) is 32.1 Å². The van der Waals surface area contributed by atoms with E-state index in [4.69, 9.17) is 11.6 Å². The first-order chi connectivity index (χ1) is 10.2. The van der Waals surface area contributed by atoms with Gasteiger partial charge in [0.15, 0.2) is 0 Å². The maximum Gasteiger partial charge on any atom is 0.140 e. The molecule has 0 heterocycles. The summed E-state index contributed by atoms with van der Waals surface area (Å²) < 4.78 is 0. The smallest absolute Gasteiger partial charge is 0.140 e. The molecule has 0 radical (unpaired) electrons. The van der Waals surface area contributed by atoms with Gasteiger partial charge in [0.25, 0.3) is 0 Å². The number of benzene rings is 1. The molecule has 1 aliphatic carbocycles. The van der Waals surface area contributed by atoms with Crippen molar-refractivity contribution >= 4 is 17.4 Å². The van der Waals surface area contributed by atoms with Gasteiger partial charge in [0.2, 0.25) is 0 Å². The second kappa shape index (κ2) is 8.55. The summed E-state index contributed by atoms with van der Waals surface area (Å²) in [5.74, 6) is 0.325. The van der Waals surface area contributed by atoms with Gasteiger partial charge < -0.3 is 5.32 Å². The molecule has 0 bridgehead atoms. The van der Waals surface area contributed by atoms with Crippen LogP contribution in [0.2, 0.25) is 5.02 Å². The van der Waals surface area contributed by atoms with Crippen LogP contribution in [-0.4, -0.2) is 18.4 Å². The molecule has 21 heavy (non-hydrogen) atoms. The summed E-state index contributed by atoms with van der Waals surface area (Å²) >= 11 is 5.94. The van der Waals surface area contributed by atoms with Gasteiger partial charge in [-0.15, -0.1) is 0 Å². The third-order valence-corrected chi connectivity index (χ3v) is 4.73. The van der Waals surface area contributed by atoms with E-state index in [1.54, 1.807) is 0 Å². The van der Waals surface area contributed by atoms with Crippen molar-refractivity contribution in [3.05, 3.63) is 34.9 Å². The minimum atomic E-state index is 0.00311. The molecule has 2 rings (SSSR count). The highest BCUT2D eigenvalue weighted by Crippen LogP contribution is 2.24. The molecule has 1 aliphatic rings. The van der Waals surface area contributed by atoms with Crippen molar-refractivity contribution in [3.8, 4) is 0 Å². The van der Waals surface area contributed by atoms with Crippen LogP contribution in [0.4, 0.5) is 0 Å². The lowest BCUT2D eigenvalue weighted by Gasteiger charge is -2.24. The SMILES string of the molecule is CCC(=O)[C@H](CCNC1CCCCC1)c1ccc(Cl)cc1. The number of halogens is 1. The van der Waals surface area contributed by atoms with Gasteiger partial charge in [-0.25, -0.2) is 0 Å². The number of rotatable bonds is 7. The van der Waals surface area contributed by atoms with Crippen LogP contribution in [0.15, 0.2) is 24.3 Å². The first kappa shape index (κ1) is 16.5. The van der Waals surface area contributed by atoms with Crippen molar-refractivity contribution < 1.29 is 4.79 Å². The molecular formula is C18H26ClNO. The van der Waals surface area contributed by atoms with Crippen molar-refractivity contribution in [2.24, 2.45) is 0 Å². The Morgan fingerprint density at radius 1 is 1.24 bits per heavy atom. The van der Waals surface area contributed by atoms with Gasteiger partial charge in [0.05, 0.1) is 0 Å². The zero-order valence-corrected chi connectivity index (χ0v) is 13.7. The van der Waals surface area contributed by atoms with E-state index in [2.05, 4.69) is 5.32 Å². The highest BCUT2D eigenvalue weighted by atomic mass is 35.5. The van der Waals surface area contributed by atoms with Crippen LogP contribution >= 0.6 is 11.6 Å². The van der Waals surface area contributed by atoms with Gasteiger partial charge in [-0.2, -0.15) is 0 Å². The van der Waals surface area contributed by atoms with Crippen LogP contribution in [0.1, 0.15) is 63.4 Å². The molecule has 1 N–H and O–H groups in total. The number of Topliss-reactive ketones (excluding diaryl/α,β-unsaturated/α-hetero) is 1. The fourth-order valence-electron chi connectivity index (χ4n) is 3.19. The van der Waals surface area contributed by atoms with Crippen molar-refractivity contribution in [2.45, 2.75) is 63.8 Å². The molecule has 0 aliphatic heterocycles. The summed E-state index contributed by atoms with van der Waals surface area (Å²) in [7, 11) is 0. The predicted molar refractivity (Wildman–Crippen MR) is 89.0 cm³/mol. The van der Waals surface area contributed by atoms with Crippen molar-refractivity contribution in [1.82, 2.24) is 5.32 Å². The monoisotopic (exact) mass is 307 g/mol. The molecule has 0 amide bonds. The fourth-order valence-corrected chi connectivity index (χ4v) is 3.32. The molecule has 3 heteroatoms. The average Bonchev–Trinajstić information content (AvgIpc) is 2.53. The highest BCUT2D eigenvalue weighted by molar-refractivity contribution is 6.30. The number of ketones is 1. The first-order valence-electron chi connectivity index (χ1n) is 8.22. The molecule has 0 unspecified atom stereocenters. The normalized spacial score (nSPS) is 17.6. The average molecular weight is 308 g/mol. The van der Waals surface area contributed by atoms with Gasteiger partial charge in [-0.05, 0) is 43.5 Å². The van der Waals surface area contributed by atoms with Gasteiger partial charge in [0.1, 0.15) is 5.78 Å². The second-order valence-electron chi connectivity index (χ2n) is 6.00. The van der Waals surface area contributed by atoms with E-state index in [0.717, 1.165) is 23.6 Å². The Bertz CT molecular complexity index is 437. The lowest BCUT2D eigenvalue weighted by atomic mass is 9.89. The summed E-state index contributed by atoms with van der Waals surface area (Å²) in [6, 6.07) is 8.38. The molecule has 0 spiro atoms. The van der Waals surface area contributed by atoms with E-state index >= 15 is 0 Å². The van der Waals surface area contributed by atoms with Crippen LogP contribution in [-0.2, 0) is 4.79 Å². The predicted octanol–water partition coefficient (Wildman–Crippen LogP) is 4.72. The van der Waals surface area contributed by atoms with Crippen molar-refractivity contribution in [3.63, 3.8) is 0 Å². The Morgan fingerprint density at radius 3 is 2.52 bits per heavy atom. The number of hydrogen-bond acceptors (Lipinski definition) is 2. The summed E-state index contributed by atoms with van der Waals surface area (Å²) in [6.45, 7) is 2.86. The van der Waals surface area contributed by atoms with Gasteiger partial charge in [0, 0.05) is 23.4 Å². The third-order valence-electron chi connectivity index (χ3n) is 4.48. The summed E-state index contributed by atoms with van der Waals surface area (Å²) in [6.07, 6.45) is 8.10. The maximum absolute atomic E-state index is 12.2. The lowest BCUT2D eigenvalue weighted by molar-refractivity contribution is -0.120. The zero-order chi connectivity index (χ0) is 15.1. The van der Waals surface area contributed by atoms with Gasteiger partial charge >= 0.3 is 0 Å². The van der Waals surface area contributed by atoms with E-state index in [1.807, 2.05) is 31.2 Å². The second-order valence-corrected chi connectivity index (χ2v) is 6.44. The Hall–Kier alpha value is -0.860. The Morgan fingerprint density at radius 2 is 1.90 bits per heavy atom. The summed E-state index contributed by atoms with van der Waals surface area (Å²) in [4.78, 5) is 12.2. The Labute approximate surface area is 133 Å². The third kappa shape index (κ3) is 5.12. The quantitative estimate of drug-likeness (QED) is 0.790. The molecule has 116 valence electrons. The fraction of sp³-hybridized carbons (Fsp3) is 0.611. The highest BCUT2D eigenvalue weighted by Gasteiger charge is 2.20. The molecule has 1 fully saturated rings. The standard InChI is InChI=1S/C18H26ClNO/c1-2-18(21)17(14-8-10-15(19)11-9-14)12-13-20-16-6-4-3-5-7-16/h8-11,16-17,20H,2-7,12-13H2,1H3/t17-/m1/s1. The molecule has 0 aromatic heterocycles.